The van der Waals surface area contributed by atoms with Gasteiger partial charge in [-0.25, -0.2) is 0 Å². The summed E-state index contributed by atoms with van der Waals surface area (Å²) >= 11 is 0. The molecule has 0 aliphatic carbocycles. The molecule has 3 atom stereocenters. The Morgan fingerprint density at radius 2 is 2.32 bits per heavy atom. The van der Waals surface area contributed by atoms with Crippen LogP contribution in [-0.4, -0.2) is 59.6 Å². The SMILES string of the molecule is CCC(=O)N1CC[C@@H](OC)[C@@H]2CN(Cc3cccnc3)C[C@@H]21. The van der Waals surface area contributed by atoms with Gasteiger partial charge in [-0.1, -0.05) is 13.0 Å². The second kappa shape index (κ2) is 6.75. The van der Waals surface area contributed by atoms with Gasteiger partial charge in [-0.15, -0.1) is 0 Å². The Morgan fingerprint density at radius 1 is 1.45 bits per heavy atom. The highest BCUT2D eigenvalue weighted by Crippen LogP contribution is 2.33. The highest BCUT2D eigenvalue weighted by Gasteiger charge is 2.45. The summed E-state index contributed by atoms with van der Waals surface area (Å²) in [6.07, 6.45) is 5.53. The van der Waals surface area contributed by atoms with Crippen molar-refractivity contribution in [1.82, 2.24) is 14.8 Å². The van der Waals surface area contributed by atoms with Gasteiger partial charge in [0.15, 0.2) is 0 Å². The van der Waals surface area contributed by atoms with Gasteiger partial charge in [-0.2, -0.15) is 0 Å². The van der Waals surface area contributed by atoms with Crippen LogP contribution in [0.1, 0.15) is 25.3 Å². The summed E-state index contributed by atoms with van der Waals surface area (Å²) in [7, 11) is 1.79. The fourth-order valence-electron chi connectivity index (χ4n) is 3.92. The number of methoxy groups -OCH3 is 1. The third kappa shape index (κ3) is 3.01. The van der Waals surface area contributed by atoms with Crippen LogP contribution < -0.4 is 0 Å². The van der Waals surface area contributed by atoms with Crippen LogP contribution in [0, 0.1) is 5.92 Å². The largest absolute Gasteiger partial charge is 0.381 e. The molecule has 1 aromatic heterocycles. The van der Waals surface area contributed by atoms with Crippen LogP contribution in [0.15, 0.2) is 24.5 Å². The van der Waals surface area contributed by atoms with Gasteiger partial charge in [-0.05, 0) is 18.1 Å². The minimum Gasteiger partial charge on any atom is -0.381 e. The maximum Gasteiger partial charge on any atom is 0.222 e. The maximum absolute atomic E-state index is 12.2. The van der Waals surface area contributed by atoms with Crippen molar-refractivity contribution in [3.05, 3.63) is 30.1 Å². The summed E-state index contributed by atoms with van der Waals surface area (Å²) in [6, 6.07) is 4.38. The molecule has 5 nitrogen and oxygen atoms in total. The zero-order valence-electron chi connectivity index (χ0n) is 13.4. The van der Waals surface area contributed by atoms with Crippen LogP contribution in [0.5, 0.6) is 0 Å². The van der Waals surface area contributed by atoms with Gasteiger partial charge in [-0.3, -0.25) is 14.7 Å². The number of hydrogen-bond donors (Lipinski definition) is 0. The number of pyridine rings is 1. The first kappa shape index (κ1) is 15.4. The number of ether oxygens (including phenoxy) is 1. The molecule has 0 aromatic carbocycles. The van der Waals surface area contributed by atoms with Gasteiger partial charge < -0.3 is 9.64 Å². The first-order valence-electron chi connectivity index (χ1n) is 8.16. The molecule has 0 N–H and O–H groups in total. The van der Waals surface area contributed by atoms with Crippen molar-refractivity contribution in [3.8, 4) is 0 Å². The smallest absolute Gasteiger partial charge is 0.222 e. The van der Waals surface area contributed by atoms with E-state index in [1.807, 2.05) is 19.2 Å². The Kier molecular flexibility index (Phi) is 4.74. The number of rotatable bonds is 4. The average molecular weight is 303 g/mol. The summed E-state index contributed by atoms with van der Waals surface area (Å²) in [6.45, 7) is 5.59. The Bertz CT molecular complexity index is 508. The van der Waals surface area contributed by atoms with Crippen molar-refractivity contribution in [3.63, 3.8) is 0 Å². The highest BCUT2D eigenvalue weighted by atomic mass is 16.5. The first-order valence-corrected chi connectivity index (χ1v) is 8.16. The van der Waals surface area contributed by atoms with Gasteiger partial charge in [0.25, 0.3) is 0 Å². The lowest BCUT2D eigenvalue weighted by Gasteiger charge is -2.41. The van der Waals surface area contributed by atoms with E-state index in [4.69, 9.17) is 4.74 Å². The molecule has 0 spiro atoms. The van der Waals surface area contributed by atoms with E-state index in [9.17, 15) is 4.79 Å². The number of hydrogen-bond acceptors (Lipinski definition) is 4. The third-order valence-electron chi connectivity index (χ3n) is 5.00. The second-order valence-corrected chi connectivity index (χ2v) is 6.29. The summed E-state index contributed by atoms with van der Waals surface area (Å²) in [5.41, 5.74) is 1.23. The van der Waals surface area contributed by atoms with Crippen molar-refractivity contribution in [2.75, 3.05) is 26.7 Å². The molecule has 22 heavy (non-hydrogen) atoms. The number of nitrogens with zero attached hydrogens (tertiary/aromatic N) is 3. The minimum atomic E-state index is 0.268. The van der Waals surface area contributed by atoms with Crippen LogP contribution in [0.2, 0.25) is 0 Å². The molecule has 2 fully saturated rings. The Balaban J connectivity index is 1.72. The number of piperidine rings is 1. The monoisotopic (exact) mass is 303 g/mol. The molecule has 0 saturated carbocycles. The van der Waals surface area contributed by atoms with E-state index in [1.54, 1.807) is 13.3 Å². The Morgan fingerprint density at radius 3 is 3.00 bits per heavy atom. The zero-order valence-corrected chi connectivity index (χ0v) is 13.4. The number of fused-ring (bicyclic) bond motifs is 1. The molecule has 120 valence electrons. The van der Waals surface area contributed by atoms with Crippen molar-refractivity contribution in [1.29, 1.82) is 0 Å². The number of amides is 1. The standard InChI is InChI=1S/C17H25N3O2/c1-3-17(21)20-8-6-16(22-2)14-11-19(12-15(14)20)10-13-5-4-7-18-9-13/h4-5,7,9,14-16H,3,6,8,10-12H2,1-2H3/t14-,15+,16-/m1/s1. The maximum atomic E-state index is 12.2. The fraction of sp³-hybridized carbons (Fsp3) is 0.647. The molecule has 5 heteroatoms. The van der Waals surface area contributed by atoms with E-state index < -0.39 is 0 Å². The number of aromatic nitrogens is 1. The zero-order chi connectivity index (χ0) is 15.5. The molecule has 2 aliphatic rings. The fourth-order valence-corrected chi connectivity index (χ4v) is 3.92. The van der Waals surface area contributed by atoms with Crippen molar-refractivity contribution in [2.24, 2.45) is 5.92 Å². The second-order valence-electron chi connectivity index (χ2n) is 6.29. The first-order chi connectivity index (χ1) is 10.7. The van der Waals surface area contributed by atoms with Gasteiger partial charge in [0.2, 0.25) is 5.91 Å². The molecule has 2 saturated heterocycles. The summed E-state index contributed by atoms with van der Waals surface area (Å²) in [5, 5.41) is 0. The van der Waals surface area contributed by atoms with E-state index in [-0.39, 0.29) is 12.0 Å². The molecule has 3 heterocycles. The molecule has 0 bridgehead atoms. The van der Waals surface area contributed by atoms with Crippen molar-refractivity contribution < 1.29 is 9.53 Å². The minimum absolute atomic E-state index is 0.268. The third-order valence-corrected chi connectivity index (χ3v) is 5.00. The molecule has 2 aliphatic heterocycles. The van der Waals surface area contributed by atoms with E-state index in [2.05, 4.69) is 20.9 Å². The van der Waals surface area contributed by atoms with Crippen LogP contribution in [0.3, 0.4) is 0 Å². The van der Waals surface area contributed by atoms with E-state index >= 15 is 0 Å². The van der Waals surface area contributed by atoms with E-state index in [0.29, 0.717) is 18.4 Å². The van der Waals surface area contributed by atoms with Crippen LogP contribution in [0.4, 0.5) is 0 Å². The van der Waals surface area contributed by atoms with Crippen LogP contribution >= 0.6 is 0 Å². The van der Waals surface area contributed by atoms with Gasteiger partial charge in [0, 0.05) is 58.0 Å². The molecule has 0 unspecified atom stereocenters. The Hall–Kier alpha value is -1.46. The molecule has 1 aromatic rings. The van der Waals surface area contributed by atoms with E-state index in [1.165, 1.54) is 5.56 Å². The number of carbonyl (C=O) groups excluding carboxylic acids is 1. The Labute approximate surface area is 132 Å². The topological polar surface area (TPSA) is 45.7 Å². The van der Waals surface area contributed by atoms with Crippen LogP contribution in [0.25, 0.3) is 0 Å². The summed E-state index contributed by atoms with van der Waals surface area (Å²) in [5.74, 6) is 0.693. The van der Waals surface area contributed by atoms with Crippen LogP contribution in [-0.2, 0) is 16.1 Å². The quantitative estimate of drug-likeness (QED) is 0.846. The molecular formula is C17H25N3O2. The lowest BCUT2D eigenvalue weighted by Crippen LogP contribution is -2.53. The normalized spacial score (nSPS) is 28.6. The van der Waals surface area contributed by atoms with Gasteiger partial charge >= 0.3 is 0 Å². The van der Waals surface area contributed by atoms with E-state index in [0.717, 1.165) is 32.6 Å². The molecule has 0 radical (unpaired) electrons. The predicted molar refractivity (Wildman–Crippen MR) is 84.2 cm³/mol. The average Bonchev–Trinajstić information content (AvgIpc) is 2.97. The lowest BCUT2D eigenvalue weighted by atomic mass is 9.89. The predicted octanol–water partition coefficient (Wildman–Crippen LogP) is 1.54. The molecular weight excluding hydrogens is 278 g/mol. The van der Waals surface area contributed by atoms with Crippen molar-refractivity contribution >= 4 is 5.91 Å². The lowest BCUT2D eigenvalue weighted by molar-refractivity contribution is -0.138. The number of carbonyl (C=O) groups is 1. The van der Waals surface area contributed by atoms with Crippen molar-refractivity contribution in [2.45, 2.75) is 38.5 Å². The van der Waals surface area contributed by atoms with Gasteiger partial charge in [0.05, 0.1) is 12.1 Å². The summed E-state index contributed by atoms with van der Waals surface area (Å²) < 4.78 is 5.69. The molecule has 1 amide bonds. The van der Waals surface area contributed by atoms with Gasteiger partial charge in [0.1, 0.15) is 0 Å². The highest BCUT2D eigenvalue weighted by molar-refractivity contribution is 5.76. The number of likely N-dealkylation sites (tertiary alicyclic amines) is 2. The molecule has 3 rings (SSSR count). The summed E-state index contributed by atoms with van der Waals surface area (Å²) in [4.78, 5) is 20.9.